The summed E-state index contributed by atoms with van der Waals surface area (Å²) in [4.78, 5) is 30.6. The molecule has 0 bridgehead atoms. The molecule has 2 aliphatic rings. The second-order valence-corrected chi connectivity index (χ2v) is 17.9. The summed E-state index contributed by atoms with van der Waals surface area (Å²) in [7, 11) is -3.54. The number of rotatable bonds is 10. The van der Waals surface area contributed by atoms with Crippen molar-refractivity contribution in [3.8, 4) is 0 Å². The summed E-state index contributed by atoms with van der Waals surface area (Å²) in [5, 5.41) is 8.52. The van der Waals surface area contributed by atoms with Crippen LogP contribution in [0.3, 0.4) is 0 Å². The van der Waals surface area contributed by atoms with Gasteiger partial charge in [-0.3, -0.25) is 4.79 Å². The number of carbonyl (C=O) groups is 1. The molecule has 6 aromatic rings. The molecule has 1 heterocycles. The molecule has 2 fully saturated rings. The molecule has 5 nitrogen and oxygen atoms in total. The van der Waals surface area contributed by atoms with E-state index in [1.54, 1.807) is 0 Å². The van der Waals surface area contributed by atoms with Crippen LogP contribution in [-0.2, 0) is 13.1 Å². The van der Waals surface area contributed by atoms with E-state index in [-0.39, 0.29) is 24.3 Å². The molecule has 258 valence electrons. The zero-order valence-corrected chi connectivity index (χ0v) is 32.4. The van der Waals surface area contributed by atoms with Crippen LogP contribution in [0.2, 0.25) is 0 Å². The van der Waals surface area contributed by atoms with Crippen molar-refractivity contribution < 1.29 is 9.69 Å². The highest BCUT2D eigenvalue weighted by Crippen LogP contribution is 2.66. The van der Waals surface area contributed by atoms with Crippen LogP contribution in [0, 0.1) is 0 Å². The second kappa shape index (κ2) is 15.0. The van der Waals surface area contributed by atoms with Crippen LogP contribution in [0.1, 0.15) is 65.2 Å². The maximum absolute atomic E-state index is 16.6. The summed E-state index contributed by atoms with van der Waals surface area (Å²) in [5.41, 5.74) is 3.88. The van der Waals surface area contributed by atoms with Gasteiger partial charge in [0.05, 0.1) is 31.2 Å². The number of nitrogens with one attached hydrogen (secondary N) is 1. The first-order chi connectivity index (χ1) is 24.9. The highest BCUT2D eigenvalue weighted by molar-refractivity contribution is 9.10. The number of carbonyl (C=O) groups excluding carboxylic acids is 1. The Bertz CT molecular complexity index is 2090. The Morgan fingerprint density at radius 2 is 1.20 bits per heavy atom. The summed E-state index contributed by atoms with van der Waals surface area (Å²) in [5.74, 6) is 0.000160. The van der Waals surface area contributed by atoms with Crippen LogP contribution in [0.25, 0.3) is 21.5 Å². The standard InChI is InChI=1S/C43H40Br2N3O2P/c44-35-25-23-32(24-26-35)43(49)27-40(38-19-5-6-20-39(38)45)46-51(50)47(28-33-15-9-13-30-11-1-3-17-36(30)33)41-21-7-8-22-42(41)48(51)29-34-16-10-14-31-12-2-4-18-37(31)34/h1-6,9-20,23-26,40-42H,7-8,21-22,27-29H2,(H,46,50)/t40-,41-,42-/m1/s1. The summed E-state index contributed by atoms with van der Waals surface area (Å²) < 4.78 is 6.41. The normalized spacial score (nSPS) is 19.7. The number of Topliss-reactive ketones (excluding diaryl/α,β-unsaturated/α-hetero) is 1. The quantitative estimate of drug-likeness (QED) is 0.110. The van der Waals surface area contributed by atoms with Crippen molar-refractivity contribution in [2.45, 2.75) is 63.3 Å². The highest BCUT2D eigenvalue weighted by Gasteiger charge is 2.60. The third-order valence-corrected chi connectivity index (χ3v) is 14.9. The largest absolute Gasteiger partial charge is 0.636 e. The minimum absolute atomic E-state index is 0.000160. The van der Waals surface area contributed by atoms with Crippen LogP contribution in [0.15, 0.2) is 142 Å². The maximum atomic E-state index is 16.6. The molecule has 6 aromatic carbocycles. The molecule has 0 aromatic heterocycles. The van der Waals surface area contributed by atoms with Gasteiger partial charge in [0.2, 0.25) is 0 Å². The smallest absolute Gasteiger partial charge is 0.184 e. The molecule has 1 saturated heterocycles. The first-order valence-corrected chi connectivity index (χ1v) is 21.0. The average molecular weight is 822 g/mol. The van der Waals surface area contributed by atoms with E-state index in [1.165, 1.54) is 21.5 Å². The van der Waals surface area contributed by atoms with Gasteiger partial charge in [-0.05, 0) is 69.3 Å². The fourth-order valence-corrected chi connectivity index (χ4v) is 12.3. The second-order valence-electron chi connectivity index (χ2n) is 13.8. The molecule has 1 aliphatic heterocycles. The zero-order chi connectivity index (χ0) is 35.0. The molecule has 8 rings (SSSR count). The molecule has 0 amide bonds. The molecule has 1 aliphatic carbocycles. The Balaban J connectivity index is 1.26. The minimum Gasteiger partial charge on any atom is -0.636 e. The lowest BCUT2D eigenvalue weighted by molar-refractivity contribution is -0.196. The molecule has 8 heteroatoms. The number of ketones is 1. The predicted octanol–water partition coefficient (Wildman–Crippen LogP) is 10.8. The molecule has 0 unspecified atom stereocenters. The van der Waals surface area contributed by atoms with Crippen LogP contribution >= 0.6 is 39.8 Å². The van der Waals surface area contributed by atoms with E-state index in [2.05, 4.69) is 131 Å². The van der Waals surface area contributed by atoms with E-state index in [1.807, 2.05) is 48.5 Å². The molecular formula is C43H40Br2N3O2P. The Labute approximate surface area is 317 Å². The first-order valence-electron chi connectivity index (χ1n) is 17.8. The van der Waals surface area contributed by atoms with Crippen molar-refractivity contribution in [3.05, 3.63) is 165 Å². The Hall–Kier alpha value is -3.26. The van der Waals surface area contributed by atoms with Crippen molar-refractivity contribution in [1.29, 1.82) is 0 Å². The van der Waals surface area contributed by atoms with Gasteiger partial charge in [-0.1, -0.05) is 160 Å². The van der Waals surface area contributed by atoms with Crippen molar-refractivity contribution in [2.75, 3.05) is 0 Å². The van der Waals surface area contributed by atoms with Gasteiger partial charge in [-0.15, -0.1) is 9.34 Å². The van der Waals surface area contributed by atoms with Gasteiger partial charge < -0.3 is 4.89 Å². The topological polar surface area (TPSA) is 58.6 Å². The van der Waals surface area contributed by atoms with E-state index < -0.39 is 14.0 Å². The highest BCUT2D eigenvalue weighted by atomic mass is 79.9. The maximum Gasteiger partial charge on any atom is 0.184 e. The number of fused-ring (bicyclic) bond motifs is 3. The lowest BCUT2D eigenvalue weighted by atomic mass is 9.89. The lowest BCUT2D eigenvalue weighted by Gasteiger charge is -2.43. The Kier molecular flexibility index (Phi) is 10.2. The summed E-state index contributed by atoms with van der Waals surface area (Å²) in [6.45, 7) is 1.09. The van der Waals surface area contributed by atoms with Gasteiger partial charge in [-0.25, -0.2) is 0 Å². The summed E-state index contributed by atoms with van der Waals surface area (Å²) >= 11 is 7.30. The number of hydrogen-bond acceptors (Lipinski definition) is 5. The van der Waals surface area contributed by atoms with Gasteiger partial charge in [0.15, 0.2) is 13.7 Å². The predicted molar refractivity (Wildman–Crippen MR) is 215 cm³/mol. The van der Waals surface area contributed by atoms with Gasteiger partial charge >= 0.3 is 0 Å². The molecule has 3 atom stereocenters. The van der Waals surface area contributed by atoms with Crippen LogP contribution in [-0.4, -0.2) is 27.2 Å². The number of hydrogen-bond donors (Lipinski definition) is 1. The average Bonchev–Trinajstić information content (AvgIpc) is 3.38. The van der Waals surface area contributed by atoms with E-state index in [4.69, 9.17) is 0 Å². The van der Waals surface area contributed by atoms with Crippen molar-refractivity contribution >= 4 is 67.1 Å². The van der Waals surface area contributed by atoms with Gasteiger partial charge in [0, 0.05) is 20.9 Å². The van der Waals surface area contributed by atoms with Crippen molar-refractivity contribution in [2.24, 2.45) is 0 Å². The van der Waals surface area contributed by atoms with Gasteiger partial charge in [-0.2, -0.15) is 5.09 Å². The third kappa shape index (κ3) is 6.98. The van der Waals surface area contributed by atoms with E-state index in [0.29, 0.717) is 18.7 Å². The van der Waals surface area contributed by atoms with E-state index >= 15 is 4.89 Å². The van der Waals surface area contributed by atoms with Crippen molar-refractivity contribution in [3.63, 3.8) is 0 Å². The zero-order valence-electron chi connectivity index (χ0n) is 28.3. The molecule has 0 radical (unpaired) electrons. The van der Waals surface area contributed by atoms with Crippen LogP contribution in [0.4, 0.5) is 0 Å². The van der Waals surface area contributed by atoms with E-state index in [0.717, 1.165) is 51.3 Å². The Morgan fingerprint density at radius 3 is 1.76 bits per heavy atom. The van der Waals surface area contributed by atoms with Gasteiger partial charge in [0.25, 0.3) is 0 Å². The minimum atomic E-state index is -3.54. The number of nitrogens with zero attached hydrogens (tertiary/aromatic N) is 2. The SMILES string of the molecule is O=C(C[C@@H](N[P+]1([O-])N(Cc2cccc3ccccc23)[C@@H]2CCCC[C@H]2N1Cc1cccc2ccccc12)c1ccccc1Br)c1ccc(Br)cc1. The Morgan fingerprint density at radius 1 is 0.686 bits per heavy atom. The molecule has 1 saturated carbocycles. The molecule has 1 N–H and O–H groups in total. The number of benzene rings is 6. The van der Waals surface area contributed by atoms with E-state index in [9.17, 15) is 4.79 Å². The fourth-order valence-electron chi connectivity index (χ4n) is 8.25. The van der Waals surface area contributed by atoms with Crippen molar-refractivity contribution in [1.82, 2.24) is 14.4 Å². The first kappa shape index (κ1) is 34.8. The van der Waals surface area contributed by atoms with Gasteiger partial charge in [0.1, 0.15) is 0 Å². The molecule has 0 spiro atoms. The van der Waals surface area contributed by atoms with Crippen LogP contribution in [0.5, 0.6) is 0 Å². The number of halogens is 2. The monoisotopic (exact) mass is 819 g/mol. The van der Waals surface area contributed by atoms with Crippen LogP contribution < -0.4 is 9.98 Å². The molecular weight excluding hydrogens is 781 g/mol. The molecule has 51 heavy (non-hydrogen) atoms. The summed E-state index contributed by atoms with van der Waals surface area (Å²) in [6, 6.07) is 45.0. The third-order valence-electron chi connectivity index (χ3n) is 10.7. The lowest BCUT2D eigenvalue weighted by Crippen LogP contribution is -2.45. The fraction of sp³-hybridized carbons (Fsp3) is 0.233. The summed E-state index contributed by atoms with van der Waals surface area (Å²) in [6.07, 6.45) is 4.32.